The van der Waals surface area contributed by atoms with Crippen LogP contribution < -0.4 is 15.4 Å². The Morgan fingerprint density at radius 1 is 1.27 bits per heavy atom. The van der Waals surface area contributed by atoms with E-state index >= 15 is 0 Å². The number of aromatic nitrogens is 1. The predicted octanol–water partition coefficient (Wildman–Crippen LogP) is 4.10. The van der Waals surface area contributed by atoms with Gasteiger partial charge in [-0.05, 0) is 49.6 Å². The van der Waals surface area contributed by atoms with Crippen LogP contribution in [0.15, 0.2) is 47.5 Å². The third-order valence-electron chi connectivity index (χ3n) is 6.04. The van der Waals surface area contributed by atoms with Crippen molar-refractivity contribution in [1.29, 1.82) is 0 Å². The molecule has 2 N–H and O–H groups in total. The molecule has 0 fully saturated rings. The Bertz CT molecular complexity index is 1360. The molecular formula is C26H30N4O5S2. The highest BCUT2D eigenvalue weighted by molar-refractivity contribution is 7.73. The van der Waals surface area contributed by atoms with Gasteiger partial charge in [-0.15, -0.1) is 11.3 Å². The van der Waals surface area contributed by atoms with Gasteiger partial charge in [-0.3, -0.25) is 9.59 Å². The minimum atomic E-state index is -2.37. The maximum Gasteiger partial charge on any atom is 0.262 e. The number of amides is 2. The molecule has 1 unspecified atom stereocenters. The number of benzene rings is 1. The fraction of sp³-hybridized carbons (Fsp3) is 0.385. The molecule has 2 aliphatic rings. The number of hydrogen-bond acceptors (Lipinski definition) is 8. The van der Waals surface area contributed by atoms with Crippen LogP contribution in [-0.4, -0.2) is 54.7 Å². The summed E-state index contributed by atoms with van der Waals surface area (Å²) in [4.78, 5) is 31.2. The van der Waals surface area contributed by atoms with Crippen molar-refractivity contribution < 1.29 is 22.7 Å². The van der Waals surface area contributed by atoms with Gasteiger partial charge in [0.1, 0.15) is 5.75 Å². The average molecular weight is 543 g/mol. The predicted molar refractivity (Wildman–Crippen MR) is 146 cm³/mol. The van der Waals surface area contributed by atoms with Crippen molar-refractivity contribution in [1.82, 2.24) is 9.88 Å². The highest BCUT2D eigenvalue weighted by atomic mass is 32.2. The molecule has 1 aliphatic carbocycles. The van der Waals surface area contributed by atoms with Gasteiger partial charge >= 0.3 is 0 Å². The van der Waals surface area contributed by atoms with Gasteiger partial charge in [0.15, 0.2) is 11.7 Å². The van der Waals surface area contributed by atoms with Crippen molar-refractivity contribution >= 4 is 49.1 Å². The molecule has 2 heterocycles. The molecule has 2 amide bonds. The van der Waals surface area contributed by atoms with E-state index in [-0.39, 0.29) is 30.8 Å². The van der Waals surface area contributed by atoms with E-state index < -0.39 is 10.3 Å². The normalized spacial score (nSPS) is 16.4. The molecule has 196 valence electrons. The van der Waals surface area contributed by atoms with Gasteiger partial charge in [0.2, 0.25) is 16.2 Å². The summed E-state index contributed by atoms with van der Waals surface area (Å²) in [5.74, 6) is -0.192. The number of carbonyl (C=O) groups is 2. The zero-order chi connectivity index (χ0) is 26.4. The first-order valence-electron chi connectivity index (χ1n) is 12.3. The molecule has 1 aromatic heterocycles. The van der Waals surface area contributed by atoms with E-state index in [0.717, 1.165) is 37.2 Å². The lowest BCUT2D eigenvalue weighted by atomic mass is 9.93. The number of hydrogen-bond donors (Lipinski definition) is 2. The third-order valence-corrected chi connectivity index (χ3v) is 7.60. The maximum atomic E-state index is 12.6. The lowest BCUT2D eigenvalue weighted by Gasteiger charge is -2.28. The minimum absolute atomic E-state index is 0.00648. The van der Waals surface area contributed by atoms with Gasteiger partial charge in [-0.2, -0.15) is 8.42 Å². The van der Waals surface area contributed by atoms with Crippen molar-refractivity contribution in [2.75, 3.05) is 30.3 Å². The first kappa shape index (κ1) is 26.6. The monoisotopic (exact) mass is 542 g/mol. The second-order valence-corrected chi connectivity index (χ2v) is 10.6. The molecule has 4 rings (SSSR count). The second-order valence-electron chi connectivity index (χ2n) is 8.83. The molecule has 0 bridgehead atoms. The largest absolute Gasteiger partial charge is 0.482 e. The number of anilines is 2. The Balaban J connectivity index is 1.36. The number of nitrogens with one attached hydrogen (secondary N) is 2. The van der Waals surface area contributed by atoms with Crippen LogP contribution in [0.1, 0.15) is 39.5 Å². The number of ether oxygens (including phenoxy) is 1. The Morgan fingerprint density at radius 3 is 2.78 bits per heavy atom. The zero-order valence-corrected chi connectivity index (χ0v) is 22.5. The highest BCUT2D eigenvalue weighted by Gasteiger charge is 2.22. The second kappa shape index (κ2) is 12.2. The summed E-state index contributed by atoms with van der Waals surface area (Å²) in [6.07, 6.45) is 8.05. The van der Waals surface area contributed by atoms with Gasteiger partial charge in [-0.25, -0.2) is 4.98 Å². The fourth-order valence-corrected chi connectivity index (χ4v) is 5.70. The number of nitrogens with zero attached hydrogens (tertiary/aromatic N) is 2. The summed E-state index contributed by atoms with van der Waals surface area (Å²) in [5, 5.41) is 7.86. The Hall–Kier alpha value is -3.44. The third kappa shape index (κ3) is 6.66. The Labute approximate surface area is 221 Å². The number of allylic oxidation sites excluding steroid dienone is 3. The van der Waals surface area contributed by atoms with Gasteiger partial charge < -0.3 is 20.3 Å². The molecule has 0 saturated carbocycles. The zero-order valence-electron chi connectivity index (χ0n) is 20.8. The average Bonchev–Trinajstić information content (AvgIpc) is 3.35. The molecule has 0 spiro atoms. The first-order valence-corrected chi connectivity index (χ1v) is 14.3. The smallest absolute Gasteiger partial charge is 0.262 e. The van der Waals surface area contributed by atoms with E-state index in [2.05, 4.69) is 34.4 Å². The quantitative estimate of drug-likeness (QED) is 0.434. The van der Waals surface area contributed by atoms with Gasteiger partial charge in [0, 0.05) is 42.1 Å². The van der Waals surface area contributed by atoms with Crippen LogP contribution in [-0.2, 0) is 19.9 Å². The van der Waals surface area contributed by atoms with E-state index in [9.17, 15) is 18.0 Å². The Kier molecular flexibility index (Phi) is 8.78. The summed E-state index contributed by atoms with van der Waals surface area (Å²) in [7, 11) is -2.37. The molecule has 2 aromatic rings. The van der Waals surface area contributed by atoms with Crippen molar-refractivity contribution in [3.05, 3.63) is 47.5 Å². The summed E-state index contributed by atoms with van der Waals surface area (Å²) in [6.45, 7) is 5.91. The standard InChI is InChI=1S/C26H30N4O5S2/c1-3-11-30(12-4-2)19-8-5-17(23(14-19)37(33)34)7-10-24(31)29-26-28-21(16-36-26)18-6-9-22-20(13-18)27-25(32)15-35-22/h5-6,8-9,13-14,16-17H,3-4,7,10-12,15H2,1-2H3,(H,27,32)(H,28,29,31). The SMILES string of the molecule is CCCN(CCC)C1=CC(=S(=O)=O)C(CCC(=O)Nc2nc(-c3ccc4c(c3)NC(=O)CO4)cs2)C=C1. The van der Waals surface area contributed by atoms with Crippen molar-refractivity contribution in [2.24, 2.45) is 5.92 Å². The lowest BCUT2D eigenvalue weighted by Crippen LogP contribution is -2.28. The van der Waals surface area contributed by atoms with E-state index in [1.807, 2.05) is 23.6 Å². The van der Waals surface area contributed by atoms with Crippen molar-refractivity contribution in [3.63, 3.8) is 0 Å². The Morgan fingerprint density at radius 2 is 2.05 bits per heavy atom. The lowest BCUT2D eigenvalue weighted by molar-refractivity contribution is -0.118. The first-order chi connectivity index (χ1) is 17.9. The molecule has 1 aliphatic heterocycles. The van der Waals surface area contributed by atoms with E-state index in [1.54, 1.807) is 18.2 Å². The molecule has 11 heteroatoms. The van der Waals surface area contributed by atoms with E-state index in [4.69, 9.17) is 4.74 Å². The van der Waals surface area contributed by atoms with Crippen LogP contribution >= 0.6 is 11.3 Å². The van der Waals surface area contributed by atoms with Gasteiger partial charge in [-0.1, -0.05) is 19.9 Å². The number of fused-ring (bicyclic) bond motifs is 1. The fourth-order valence-electron chi connectivity index (χ4n) is 4.30. The van der Waals surface area contributed by atoms with Crippen LogP contribution in [0.25, 0.3) is 11.3 Å². The minimum Gasteiger partial charge on any atom is -0.482 e. The molecule has 0 saturated heterocycles. The summed E-state index contributed by atoms with van der Waals surface area (Å²) < 4.78 is 29.3. The molecule has 0 radical (unpaired) electrons. The van der Waals surface area contributed by atoms with Crippen LogP contribution in [0.4, 0.5) is 10.8 Å². The van der Waals surface area contributed by atoms with E-state index in [0.29, 0.717) is 33.5 Å². The van der Waals surface area contributed by atoms with Crippen LogP contribution in [0.5, 0.6) is 5.75 Å². The van der Waals surface area contributed by atoms with Crippen molar-refractivity contribution in [3.8, 4) is 17.0 Å². The summed E-state index contributed by atoms with van der Waals surface area (Å²) >= 11 is 1.30. The van der Waals surface area contributed by atoms with Crippen molar-refractivity contribution in [2.45, 2.75) is 39.5 Å². The topological polar surface area (TPSA) is 118 Å². The van der Waals surface area contributed by atoms with Crippen LogP contribution in [0.3, 0.4) is 0 Å². The molecule has 1 atom stereocenters. The summed E-state index contributed by atoms with van der Waals surface area (Å²) in [6, 6.07) is 5.40. The number of thiazole rings is 1. The highest BCUT2D eigenvalue weighted by Crippen LogP contribution is 2.34. The van der Waals surface area contributed by atoms with Crippen LogP contribution in [0.2, 0.25) is 0 Å². The van der Waals surface area contributed by atoms with Gasteiger partial charge in [0.05, 0.1) is 16.2 Å². The molecule has 37 heavy (non-hydrogen) atoms. The maximum absolute atomic E-state index is 12.6. The molecule has 9 nitrogen and oxygen atoms in total. The van der Waals surface area contributed by atoms with Crippen LogP contribution in [0, 0.1) is 5.92 Å². The summed E-state index contributed by atoms with van der Waals surface area (Å²) in [5.41, 5.74) is 2.93. The number of rotatable bonds is 10. The number of carbonyl (C=O) groups excluding carboxylic acids is 2. The molecule has 1 aromatic carbocycles. The molecular weight excluding hydrogens is 512 g/mol. The van der Waals surface area contributed by atoms with E-state index in [1.165, 1.54) is 11.3 Å². The van der Waals surface area contributed by atoms with Gasteiger partial charge in [0.25, 0.3) is 5.91 Å².